The van der Waals surface area contributed by atoms with E-state index in [9.17, 15) is 24.0 Å². The predicted molar refractivity (Wildman–Crippen MR) is 116 cm³/mol. The number of primary amides is 1. The Bertz CT molecular complexity index is 903. The number of nitrogens with one attached hydrogen (secondary N) is 2. The summed E-state index contributed by atoms with van der Waals surface area (Å²) in [5, 5.41) is 2.70. The third-order valence-electron chi connectivity index (χ3n) is 6.16. The van der Waals surface area contributed by atoms with Gasteiger partial charge in [0, 0.05) is 38.4 Å². The summed E-state index contributed by atoms with van der Waals surface area (Å²) in [4.78, 5) is 74.0. The molecule has 0 spiro atoms. The molecule has 12 heteroatoms. The van der Waals surface area contributed by atoms with Gasteiger partial charge in [-0.05, 0) is 19.3 Å². The number of likely N-dealkylation sites (N-methyl/N-ethyl adjacent to an activating group) is 1. The Labute approximate surface area is 191 Å². The first-order valence-electron chi connectivity index (χ1n) is 11.2. The number of H-pyrrole nitrogens is 1. The quantitative estimate of drug-likeness (QED) is 0.443. The maximum Gasteiger partial charge on any atom is 0.327 e. The van der Waals surface area contributed by atoms with Crippen LogP contribution in [0.2, 0.25) is 0 Å². The number of likely N-dealkylation sites (tertiary alicyclic amines) is 1. The highest BCUT2D eigenvalue weighted by Crippen LogP contribution is 2.20. The second-order valence-electron chi connectivity index (χ2n) is 8.45. The maximum atomic E-state index is 13.3. The fourth-order valence-corrected chi connectivity index (χ4v) is 4.26. The number of aromatic amines is 1. The highest BCUT2D eigenvalue weighted by Gasteiger charge is 2.42. The molecule has 2 saturated heterocycles. The molecule has 3 heterocycles. The van der Waals surface area contributed by atoms with Crippen LogP contribution in [0.1, 0.15) is 44.7 Å². The van der Waals surface area contributed by atoms with Gasteiger partial charge in [-0.15, -0.1) is 0 Å². The first-order chi connectivity index (χ1) is 15.7. The Balaban J connectivity index is 1.76. The molecule has 180 valence electrons. The van der Waals surface area contributed by atoms with Crippen LogP contribution in [0.25, 0.3) is 0 Å². The van der Waals surface area contributed by atoms with Crippen molar-refractivity contribution < 1.29 is 24.0 Å². The van der Waals surface area contributed by atoms with Gasteiger partial charge in [0.2, 0.25) is 23.6 Å². The second-order valence-corrected chi connectivity index (χ2v) is 8.45. The molecule has 0 aromatic carbocycles. The molecule has 1 aromatic heterocycles. The molecule has 3 atom stereocenters. The second kappa shape index (κ2) is 10.5. The standard InChI is InChI=1S/C21H31N7O5/c1-3-4-7-28-17(29)10-16(26(2)21(28)33)19(31)25-14(9-13-11-23-12-24-13)20(32)27-8-5-6-15(27)18(22)30/h11-12,14-16H,3-10H2,1-2H3,(H2,22,30)(H,23,24)(H,25,31)/t14-,15-,16+/m0/s1. The van der Waals surface area contributed by atoms with Gasteiger partial charge in [-0.3, -0.25) is 24.1 Å². The summed E-state index contributed by atoms with van der Waals surface area (Å²) in [5.41, 5.74) is 6.06. The number of urea groups is 1. The van der Waals surface area contributed by atoms with Crippen molar-refractivity contribution in [1.82, 2.24) is 30.0 Å². The summed E-state index contributed by atoms with van der Waals surface area (Å²) in [5.74, 6) is -2.07. The summed E-state index contributed by atoms with van der Waals surface area (Å²) in [6.07, 6.45) is 5.53. The van der Waals surface area contributed by atoms with Crippen molar-refractivity contribution in [3.05, 3.63) is 18.2 Å². The molecule has 0 unspecified atom stereocenters. The van der Waals surface area contributed by atoms with Crippen molar-refractivity contribution in [2.24, 2.45) is 5.73 Å². The zero-order valence-corrected chi connectivity index (χ0v) is 19.0. The van der Waals surface area contributed by atoms with Gasteiger partial charge in [-0.2, -0.15) is 0 Å². The van der Waals surface area contributed by atoms with Crippen molar-refractivity contribution in [2.75, 3.05) is 20.1 Å². The van der Waals surface area contributed by atoms with Crippen molar-refractivity contribution in [1.29, 1.82) is 0 Å². The van der Waals surface area contributed by atoms with Crippen molar-refractivity contribution >= 4 is 29.7 Å². The number of hydrogen-bond acceptors (Lipinski definition) is 6. The van der Waals surface area contributed by atoms with Crippen molar-refractivity contribution in [2.45, 2.75) is 63.6 Å². The van der Waals surface area contributed by atoms with E-state index in [1.54, 1.807) is 0 Å². The number of imide groups is 1. The largest absolute Gasteiger partial charge is 0.368 e. The third kappa shape index (κ3) is 5.32. The van der Waals surface area contributed by atoms with Gasteiger partial charge in [0.15, 0.2) is 0 Å². The lowest BCUT2D eigenvalue weighted by Gasteiger charge is -2.38. The zero-order chi connectivity index (χ0) is 24.1. The van der Waals surface area contributed by atoms with Gasteiger partial charge in [-0.1, -0.05) is 13.3 Å². The number of carbonyl (C=O) groups excluding carboxylic acids is 5. The average Bonchev–Trinajstić information content (AvgIpc) is 3.47. The molecule has 3 rings (SSSR count). The van der Waals surface area contributed by atoms with E-state index in [4.69, 9.17) is 5.73 Å². The number of nitrogens with zero attached hydrogens (tertiary/aromatic N) is 4. The summed E-state index contributed by atoms with van der Waals surface area (Å²) in [6, 6.07) is -3.32. The summed E-state index contributed by atoms with van der Waals surface area (Å²) < 4.78 is 0. The Morgan fingerprint density at radius 3 is 2.70 bits per heavy atom. The van der Waals surface area contributed by atoms with Crippen molar-refractivity contribution in [3.8, 4) is 0 Å². The van der Waals surface area contributed by atoms with E-state index in [0.717, 1.165) is 11.3 Å². The molecular weight excluding hydrogens is 430 g/mol. The average molecular weight is 462 g/mol. The summed E-state index contributed by atoms with van der Waals surface area (Å²) in [6.45, 7) is 2.62. The van der Waals surface area contributed by atoms with E-state index in [0.29, 0.717) is 38.0 Å². The SMILES string of the molecule is CCCCN1C(=O)C[C@H](C(=O)N[C@@H](Cc2cnc[nH]2)C(=O)N2CCC[C@H]2C(N)=O)N(C)C1=O. The molecule has 2 aliphatic heterocycles. The molecule has 0 saturated carbocycles. The van der Waals surface area contributed by atoms with Crippen LogP contribution in [0.3, 0.4) is 0 Å². The Kier molecular flexibility index (Phi) is 7.67. The maximum absolute atomic E-state index is 13.3. The molecule has 4 N–H and O–H groups in total. The molecular formula is C21H31N7O5. The smallest absolute Gasteiger partial charge is 0.327 e. The summed E-state index contributed by atoms with van der Waals surface area (Å²) >= 11 is 0. The fraction of sp³-hybridized carbons (Fsp3) is 0.619. The number of unbranched alkanes of at least 4 members (excludes halogenated alkanes) is 1. The fourth-order valence-electron chi connectivity index (χ4n) is 4.26. The molecule has 2 aliphatic rings. The van der Waals surface area contributed by atoms with Gasteiger partial charge in [0.25, 0.3) is 0 Å². The van der Waals surface area contributed by atoms with Crippen LogP contribution in [0.4, 0.5) is 4.79 Å². The molecule has 2 fully saturated rings. The van der Waals surface area contributed by atoms with Crippen molar-refractivity contribution in [3.63, 3.8) is 0 Å². The number of carbonyl (C=O) groups is 5. The highest BCUT2D eigenvalue weighted by molar-refractivity contribution is 6.03. The first kappa shape index (κ1) is 24.2. The van der Waals surface area contributed by atoms with Crippen LogP contribution in [-0.4, -0.2) is 92.6 Å². The lowest BCUT2D eigenvalue weighted by atomic mass is 10.0. The minimum absolute atomic E-state index is 0.105. The Morgan fingerprint density at radius 2 is 2.06 bits per heavy atom. The lowest BCUT2D eigenvalue weighted by molar-refractivity contribution is -0.142. The number of nitrogens with two attached hydrogens (primary N) is 1. The van der Waals surface area contributed by atoms with E-state index in [-0.39, 0.29) is 12.8 Å². The van der Waals surface area contributed by atoms with Gasteiger partial charge < -0.3 is 25.8 Å². The first-order valence-corrected chi connectivity index (χ1v) is 11.2. The highest BCUT2D eigenvalue weighted by atomic mass is 16.2. The molecule has 12 nitrogen and oxygen atoms in total. The number of aromatic nitrogens is 2. The van der Waals surface area contributed by atoms with Crippen LogP contribution in [-0.2, 0) is 25.6 Å². The van der Waals surface area contributed by atoms with Crippen LogP contribution < -0.4 is 11.1 Å². The van der Waals surface area contributed by atoms with E-state index < -0.39 is 47.8 Å². The molecule has 0 bridgehead atoms. The van der Waals surface area contributed by atoms with Crippen LogP contribution in [0, 0.1) is 0 Å². The molecule has 6 amide bonds. The number of imidazole rings is 1. The summed E-state index contributed by atoms with van der Waals surface area (Å²) in [7, 11) is 1.47. The minimum atomic E-state index is -1.04. The number of rotatable bonds is 9. The predicted octanol–water partition coefficient (Wildman–Crippen LogP) is -0.634. The molecule has 1 aromatic rings. The topological polar surface area (TPSA) is 162 Å². The molecule has 0 radical (unpaired) electrons. The van der Waals surface area contributed by atoms with E-state index in [2.05, 4.69) is 15.3 Å². The Morgan fingerprint density at radius 1 is 1.30 bits per heavy atom. The number of amides is 6. The Hall–Kier alpha value is -3.44. The van der Waals surface area contributed by atoms with E-state index >= 15 is 0 Å². The van der Waals surface area contributed by atoms with Gasteiger partial charge in [-0.25, -0.2) is 9.78 Å². The molecule has 33 heavy (non-hydrogen) atoms. The lowest BCUT2D eigenvalue weighted by Crippen LogP contribution is -2.62. The van der Waals surface area contributed by atoms with Crippen LogP contribution in [0.15, 0.2) is 12.5 Å². The minimum Gasteiger partial charge on any atom is -0.368 e. The van der Waals surface area contributed by atoms with Gasteiger partial charge in [0.1, 0.15) is 18.1 Å². The molecule has 0 aliphatic carbocycles. The normalized spacial score (nSPS) is 21.9. The zero-order valence-electron chi connectivity index (χ0n) is 19.0. The monoisotopic (exact) mass is 461 g/mol. The number of hydrogen-bond donors (Lipinski definition) is 3. The van der Waals surface area contributed by atoms with E-state index in [1.165, 1.54) is 29.4 Å². The van der Waals surface area contributed by atoms with Gasteiger partial charge >= 0.3 is 6.03 Å². The van der Waals surface area contributed by atoms with Gasteiger partial charge in [0.05, 0.1) is 12.7 Å². The van der Waals surface area contributed by atoms with Crippen LogP contribution >= 0.6 is 0 Å². The van der Waals surface area contributed by atoms with Crippen LogP contribution in [0.5, 0.6) is 0 Å². The third-order valence-corrected chi connectivity index (χ3v) is 6.16. The van der Waals surface area contributed by atoms with E-state index in [1.807, 2.05) is 6.92 Å².